The minimum Gasteiger partial charge on any atom is -0.379 e. The Bertz CT molecular complexity index is 1170. The number of hydrogen-bond donors (Lipinski definition) is 2. The van der Waals surface area contributed by atoms with Gasteiger partial charge in [-0.1, -0.05) is 29.8 Å². The maximum atomic E-state index is 12.7. The van der Waals surface area contributed by atoms with E-state index < -0.39 is 10.0 Å². The largest absolute Gasteiger partial charge is 0.379 e. The first-order chi connectivity index (χ1) is 15.4. The van der Waals surface area contributed by atoms with Crippen LogP contribution in [0, 0.1) is 6.92 Å². The van der Waals surface area contributed by atoms with Crippen molar-refractivity contribution in [2.24, 2.45) is 0 Å². The average Bonchev–Trinajstić information content (AvgIpc) is 3.29. The van der Waals surface area contributed by atoms with Gasteiger partial charge in [-0.3, -0.25) is 9.89 Å². The number of ether oxygens (including phenoxy) is 1. The van der Waals surface area contributed by atoms with Crippen LogP contribution in [0.25, 0.3) is 11.4 Å². The number of morpholine rings is 1. The maximum Gasteiger partial charge on any atom is 0.251 e. The Hall–Kier alpha value is -3.08. The third-order valence-electron chi connectivity index (χ3n) is 5.21. The van der Waals surface area contributed by atoms with Crippen LogP contribution in [-0.2, 0) is 21.2 Å². The van der Waals surface area contributed by atoms with Crippen LogP contribution in [-0.4, -0.2) is 66.7 Å². The summed E-state index contributed by atoms with van der Waals surface area (Å²) in [6.45, 7) is 3.83. The fourth-order valence-corrected chi connectivity index (χ4v) is 4.76. The Balaban J connectivity index is 1.31. The van der Waals surface area contributed by atoms with Gasteiger partial charge < -0.3 is 10.1 Å². The molecule has 168 valence electrons. The Morgan fingerprint density at radius 2 is 1.78 bits per heavy atom. The molecule has 0 bridgehead atoms. The Kier molecular flexibility index (Phi) is 6.63. The molecule has 1 aliphatic rings. The molecule has 1 saturated heterocycles. The first-order valence-electron chi connectivity index (χ1n) is 10.4. The van der Waals surface area contributed by atoms with Gasteiger partial charge in [-0.25, -0.2) is 13.4 Å². The van der Waals surface area contributed by atoms with Crippen molar-refractivity contribution < 1.29 is 17.9 Å². The number of amides is 1. The van der Waals surface area contributed by atoms with E-state index in [9.17, 15) is 13.2 Å². The quantitative estimate of drug-likeness (QED) is 0.561. The summed E-state index contributed by atoms with van der Waals surface area (Å²) >= 11 is 0. The lowest BCUT2D eigenvalue weighted by Crippen LogP contribution is -2.40. The van der Waals surface area contributed by atoms with Gasteiger partial charge in [0.25, 0.3) is 5.91 Å². The third kappa shape index (κ3) is 5.04. The molecule has 2 heterocycles. The maximum absolute atomic E-state index is 12.7. The number of carbonyl (C=O) groups excluding carboxylic acids is 1. The van der Waals surface area contributed by atoms with Crippen molar-refractivity contribution in [1.29, 1.82) is 0 Å². The highest BCUT2D eigenvalue weighted by atomic mass is 32.2. The summed E-state index contributed by atoms with van der Waals surface area (Å²) in [5.74, 6) is 1.01. The van der Waals surface area contributed by atoms with Gasteiger partial charge in [0.15, 0.2) is 5.82 Å². The molecule has 2 aromatic carbocycles. The minimum absolute atomic E-state index is 0.168. The first-order valence-corrected chi connectivity index (χ1v) is 11.8. The van der Waals surface area contributed by atoms with E-state index in [-0.39, 0.29) is 10.8 Å². The number of H-pyrrole nitrogens is 1. The summed E-state index contributed by atoms with van der Waals surface area (Å²) < 4.78 is 31.9. The molecule has 0 unspecified atom stereocenters. The second kappa shape index (κ2) is 9.60. The molecule has 1 amide bonds. The molecule has 32 heavy (non-hydrogen) atoms. The molecule has 0 spiro atoms. The van der Waals surface area contributed by atoms with Gasteiger partial charge in [0.2, 0.25) is 10.0 Å². The number of aromatic amines is 1. The van der Waals surface area contributed by atoms with E-state index in [1.807, 2.05) is 31.2 Å². The van der Waals surface area contributed by atoms with Crippen molar-refractivity contribution in [3.8, 4) is 11.4 Å². The fraction of sp³-hybridized carbons (Fsp3) is 0.318. The predicted octanol–water partition coefficient (Wildman–Crippen LogP) is 1.77. The van der Waals surface area contributed by atoms with Gasteiger partial charge in [-0.05, 0) is 31.2 Å². The average molecular weight is 456 g/mol. The van der Waals surface area contributed by atoms with E-state index in [0.29, 0.717) is 56.5 Å². The van der Waals surface area contributed by atoms with Gasteiger partial charge in [-0.15, -0.1) is 0 Å². The number of aromatic nitrogens is 3. The van der Waals surface area contributed by atoms with Crippen LogP contribution in [0.2, 0.25) is 0 Å². The normalized spacial score (nSPS) is 14.9. The van der Waals surface area contributed by atoms with Crippen molar-refractivity contribution in [2.75, 3.05) is 32.8 Å². The molecule has 0 radical (unpaired) electrons. The lowest BCUT2D eigenvalue weighted by atomic mass is 10.1. The number of nitrogens with one attached hydrogen (secondary N) is 2. The van der Waals surface area contributed by atoms with Crippen LogP contribution in [0.4, 0.5) is 0 Å². The molecule has 0 atom stereocenters. The van der Waals surface area contributed by atoms with E-state index in [0.717, 1.165) is 5.56 Å². The number of rotatable bonds is 7. The Morgan fingerprint density at radius 3 is 2.47 bits per heavy atom. The molecule has 10 heteroatoms. The third-order valence-corrected chi connectivity index (χ3v) is 7.13. The van der Waals surface area contributed by atoms with Crippen LogP contribution < -0.4 is 5.32 Å². The minimum atomic E-state index is -3.58. The van der Waals surface area contributed by atoms with E-state index in [2.05, 4.69) is 20.5 Å². The summed E-state index contributed by atoms with van der Waals surface area (Å²) in [6.07, 6.45) is 0.494. The predicted molar refractivity (Wildman–Crippen MR) is 119 cm³/mol. The molecular weight excluding hydrogens is 430 g/mol. The molecule has 4 rings (SSSR count). The second-order valence-electron chi connectivity index (χ2n) is 7.52. The molecule has 1 aliphatic heterocycles. The van der Waals surface area contributed by atoms with Crippen molar-refractivity contribution in [3.63, 3.8) is 0 Å². The molecular formula is C22H25N5O4S. The number of hydrogen-bond acceptors (Lipinski definition) is 6. The van der Waals surface area contributed by atoms with E-state index in [4.69, 9.17) is 4.74 Å². The highest BCUT2D eigenvalue weighted by molar-refractivity contribution is 7.89. The molecule has 3 aromatic rings. The van der Waals surface area contributed by atoms with Crippen LogP contribution >= 0.6 is 0 Å². The second-order valence-corrected chi connectivity index (χ2v) is 9.46. The SMILES string of the molecule is Cc1ccc(-c2n[nH]c(CCNC(=O)c3ccc(S(=O)(=O)N4CCOCC4)cc3)n2)cc1. The van der Waals surface area contributed by atoms with E-state index in [1.54, 1.807) is 0 Å². The standard InChI is InChI=1S/C22H25N5O4S/c1-16-2-4-17(5-3-16)21-24-20(25-26-21)10-11-23-22(28)18-6-8-19(9-7-18)32(29,30)27-12-14-31-15-13-27/h2-9H,10-15H2,1H3,(H,23,28)(H,24,25,26). The topological polar surface area (TPSA) is 117 Å². The van der Waals surface area contributed by atoms with Crippen molar-refractivity contribution >= 4 is 15.9 Å². The van der Waals surface area contributed by atoms with E-state index >= 15 is 0 Å². The summed E-state index contributed by atoms with van der Waals surface area (Å²) in [7, 11) is -3.58. The van der Waals surface area contributed by atoms with Crippen LogP contribution in [0.3, 0.4) is 0 Å². The zero-order valence-corrected chi connectivity index (χ0v) is 18.6. The highest BCUT2D eigenvalue weighted by Crippen LogP contribution is 2.18. The zero-order valence-electron chi connectivity index (χ0n) is 17.7. The highest BCUT2D eigenvalue weighted by Gasteiger charge is 2.26. The first kappa shape index (κ1) is 22.1. The summed E-state index contributed by atoms with van der Waals surface area (Å²) in [5, 5.41) is 9.94. The molecule has 1 fully saturated rings. The van der Waals surface area contributed by atoms with Gasteiger partial charge in [0.05, 0.1) is 18.1 Å². The monoisotopic (exact) mass is 455 g/mol. The summed E-state index contributed by atoms with van der Waals surface area (Å²) in [4.78, 5) is 17.1. The van der Waals surface area contributed by atoms with Gasteiger partial charge in [0, 0.05) is 37.2 Å². The number of aryl methyl sites for hydroxylation is 1. The fourth-order valence-electron chi connectivity index (χ4n) is 3.35. The van der Waals surface area contributed by atoms with E-state index in [1.165, 1.54) is 34.1 Å². The van der Waals surface area contributed by atoms with Crippen molar-refractivity contribution in [2.45, 2.75) is 18.2 Å². The number of carbonyl (C=O) groups is 1. The molecule has 2 N–H and O–H groups in total. The van der Waals surface area contributed by atoms with Crippen LogP contribution in [0.5, 0.6) is 0 Å². The Labute approximate surface area is 186 Å². The van der Waals surface area contributed by atoms with Crippen molar-refractivity contribution in [1.82, 2.24) is 24.8 Å². The molecule has 0 saturated carbocycles. The zero-order chi connectivity index (χ0) is 22.6. The smallest absolute Gasteiger partial charge is 0.251 e. The molecule has 1 aromatic heterocycles. The molecule has 9 nitrogen and oxygen atoms in total. The van der Waals surface area contributed by atoms with Gasteiger partial charge in [-0.2, -0.15) is 9.40 Å². The van der Waals surface area contributed by atoms with Crippen LogP contribution in [0.15, 0.2) is 53.4 Å². The van der Waals surface area contributed by atoms with Gasteiger partial charge in [0.1, 0.15) is 5.82 Å². The van der Waals surface area contributed by atoms with Crippen molar-refractivity contribution in [3.05, 3.63) is 65.5 Å². The lowest BCUT2D eigenvalue weighted by molar-refractivity contribution is 0.0730. The van der Waals surface area contributed by atoms with Crippen LogP contribution in [0.1, 0.15) is 21.7 Å². The summed E-state index contributed by atoms with van der Waals surface area (Å²) in [5.41, 5.74) is 2.48. The number of nitrogens with zero attached hydrogens (tertiary/aromatic N) is 3. The Morgan fingerprint density at radius 1 is 1.09 bits per heavy atom. The van der Waals surface area contributed by atoms with Gasteiger partial charge >= 0.3 is 0 Å². The number of sulfonamides is 1. The number of benzene rings is 2. The summed E-state index contributed by atoms with van der Waals surface area (Å²) in [6, 6.07) is 13.9. The lowest BCUT2D eigenvalue weighted by Gasteiger charge is -2.26. The molecule has 0 aliphatic carbocycles.